The number of anilines is 1. The Morgan fingerprint density at radius 1 is 1.22 bits per heavy atom. The Hall–Kier alpha value is -1.65. The fraction of sp³-hybridized carbons (Fsp3) is 0.231. The molecule has 0 bridgehead atoms. The van der Waals surface area contributed by atoms with E-state index in [9.17, 15) is 0 Å². The lowest BCUT2D eigenvalue weighted by atomic mass is 10.0. The van der Waals surface area contributed by atoms with Gasteiger partial charge in [0.15, 0.2) is 5.82 Å². The summed E-state index contributed by atoms with van der Waals surface area (Å²) in [6.07, 6.45) is 2.57. The standard InChI is InChI=1S/C13H12ClN3O/c14-13-15-8-6-12(16-13)17-11(7-9-18-17)10-4-2-1-3-5-10/h1-6,8,11H,7,9H2/t11-/m1/s1. The van der Waals surface area contributed by atoms with Gasteiger partial charge in [0.25, 0.3) is 0 Å². The van der Waals surface area contributed by atoms with Crippen molar-refractivity contribution < 1.29 is 4.84 Å². The first-order valence-corrected chi connectivity index (χ1v) is 6.18. The predicted octanol–water partition coefficient (Wildman–Crippen LogP) is 3.01. The van der Waals surface area contributed by atoms with Crippen LogP contribution in [0.15, 0.2) is 42.6 Å². The van der Waals surface area contributed by atoms with E-state index in [0.717, 1.165) is 6.42 Å². The van der Waals surface area contributed by atoms with Gasteiger partial charge in [-0.15, -0.1) is 0 Å². The first-order chi connectivity index (χ1) is 8.84. The van der Waals surface area contributed by atoms with Crippen molar-refractivity contribution >= 4 is 17.4 Å². The summed E-state index contributed by atoms with van der Waals surface area (Å²) in [6, 6.07) is 12.2. The van der Waals surface area contributed by atoms with Crippen LogP contribution in [-0.2, 0) is 4.84 Å². The highest BCUT2D eigenvalue weighted by Crippen LogP contribution is 2.33. The minimum Gasteiger partial charge on any atom is -0.271 e. The van der Waals surface area contributed by atoms with Crippen LogP contribution in [0, 0.1) is 0 Å². The van der Waals surface area contributed by atoms with Crippen LogP contribution in [-0.4, -0.2) is 16.6 Å². The van der Waals surface area contributed by atoms with Gasteiger partial charge in [-0.3, -0.25) is 4.84 Å². The highest BCUT2D eigenvalue weighted by Gasteiger charge is 2.28. The van der Waals surface area contributed by atoms with E-state index in [2.05, 4.69) is 22.1 Å². The molecule has 0 saturated carbocycles. The van der Waals surface area contributed by atoms with Crippen molar-refractivity contribution in [2.75, 3.05) is 11.7 Å². The van der Waals surface area contributed by atoms with Gasteiger partial charge in [-0.05, 0) is 17.2 Å². The molecule has 18 heavy (non-hydrogen) atoms. The number of aromatic nitrogens is 2. The van der Waals surface area contributed by atoms with Crippen molar-refractivity contribution in [3.8, 4) is 0 Å². The lowest BCUT2D eigenvalue weighted by Crippen LogP contribution is -2.22. The molecule has 0 radical (unpaired) electrons. The number of benzene rings is 1. The Morgan fingerprint density at radius 2 is 2.06 bits per heavy atom. The molecule has 1 fully saturated rings. The molecule has 92 valence electrons. The highest BCUT2D eigenvalue weighted by atomic mass is 35.5. The van der Waals surface area contributed by atoms with Crippen molar-refractivity contribution in [2.45, 2.75) is 12.5 Å². The molecule has 5 heteroatoms. The molecule has 3 rings (SSSR count). The Bertz CT molecular complexity index is 535. The molecule has 1 aliphatic heterocycles. The third-order valence-corrected chi connectivity index (χ3v) is 3.11. The van der Waals surface area contributed by atoms with Gasteiger partial charge in [0.05, 0.1) is 12.6 Å². The zero-order valence-electron chi connectivity index (χ0n) is 9.66. The highest BCUT2D eigenvalue weighted by molar-refractivity contribution is 6.28. The lowest BCUT2D eigenvalue weighted by molar-refractivity contribution is 0.157. The monoisotopic (exact) mass is 261 g/mol. The second-order valence-electron chi connectivity index (χ2n) is 4.06. The van der Waals surface area contributed by atoms with E-state index in [4.69, 9.17) is 16.4 Å². The maximum absolute atomic E-state index is 5.81. The number of hydrogen-bond acceptors (Lipinski definition) is 4. The zero-order chi connectivity index (χ0) is 12.4. The molecule has 1 aromatic carbocycles. The first-order valence-electron chi connectivity index (χ1n) is 5.80. The van der Waals surface area contributed by atoms with E-state index < -0.39 is 0 Å². The van der Waals surface area contributed by atoms with Crippen LogP contribution in [0.4, 0.5) is 5.82 Å². The second kappa shape index (κ2) is 4.92. The van der Waals surface area contributed by atoms with Crippen molar-refractivity contribution in [3.63, 3.8) is 0 Å². The molecular weight excluding hydrogens is 250 g/mol. The molecule has 1 aliphatic rings. The molecule has 0 amide bonds. The van der Waals surface area contributed by atoms with Crippen LogP contribution in [0.25, 0.3) is 0 Å². The van der Waals surface area contributed by atoms with Gasteiger partial charge in [-0.2, -0.15) is 4.98 Å². The quantitative estimate of drug-likeness (QED) is 0.779. The maximum atomic E-state index is 5.81. The summed E-state index contributed by atoms with van der Waals surface area (Å²) in [5.74, 6) is 0.696. The Kier molecular flexibility index (Phi) is 3.13. The molecule has 1 aromatic heterocycles. The van der Waals surface area contributed by atoms with Gasteiger partial charge in [0.1, 0.15) is 0 Å². The Morgan fingerprint density at radius 3 is 2.83 bits per heavy atom. The van der Waals surface area contributed by atoms with Crippen LogP contribution < -0.4 is 5.06 Å². The van der Waals surface area contributed by atoms with Crippen molar-refractivity contribution in [1.82, 2.24) is 9.97 Å². The fourth-order valence-corrected chi connectivity index (χ4v) is 2.26. The van der Waals surface area contributed by atoms with Crippen LogP contribution in [0.3, 0.4) is 0 Å². The second-order valence-corrected chi connectivity index (χ2v) is 4.40. The van der Waals surface area contributed by atoms with Crippen LogP contribution in [0.2, 0.25) is 5.28 Å². The number of halogens is 1. The van der Waals surface area contributed by atoms with E-state index in [1.54, 1.807) is 12.3 Å². The number of rotatable bonds is 2. The van der Waals surface area contributed by atoms with E-state index in [0.29, 0.717) is 12.4 Å². The van der Waals surface area contributed by atoms with Gasteiger partial charge >= 0.3 is 0 Å². The summed E-state index contributed by atoms with van der Waals surface area (Å²) >= 11 is 5.81. The van der Waals surface area contributed by atoms with Crippen molar-refractivity contribution in [2.24, 2.45) is 0 Å². The average Bonchev–Trinajstić information content (AvgIpc) is 2.89. The van der Waals surface area contributed by atoms with E-state index in [-0.39, 0.29) is 11.3 Å². The summed E-state index contributed by atoms with van der Waals surface area (Å²) in [7, 11) is 0. The smallest absolute Gasteiger partial charge is 0.224 e. The summed E-state index contributed by atoms with van der Waals surface area (Å²) in [5.41, 5.74) is 1.21. The molecule has 2 heterocycles. The van der Waals surface area contributed by atoms with Gasteiger partial charge < -0.3 is 0 Å². The molecule has 4 nitrogen and oxygen atoms in total. The lowest BCUT2D eigenvalue weighted by Gasteiger charge is -2.23. The van der Waals surface area contributed by atoms with E-state index in [1.807, 2.05) is 23.3 Å². The zero-order valence-corrected chi connectivity index (χ0v) is 10.4. The summed E-state index contributed by atoms with van der Waals surface area (Å²) < 4.78 is 0. The minimum atomic E-state index is 0.178. The van der Waals surface area contributed by atoms with E-state index >= 15 is 0 Å². The maximum Gasteiger partial charge on any atom is 0.224 e. The molecular formula is C13H12ClN3O. The van der Waals surface area contributed by atoms with Gasteiger partial charge in [-0.1, -0.05) is 30.3 Å². The summed E-state index contributed by atoms with van der Waals surface area (Å²) in [6.45, 7) is 0.682. The molecule has 0 spiro atoms. The van der Waals surface area contributed by atoms with Gasteiger partial charge in [0.2, 0.25) is 5.28 Å². The third-order valence-electron chi connectivity index (χ3n) is 2.93. The largest absolute Gasteiger partial charge is 0.271 e. The molecule has 0 unspecified atom stereocenters. The van der Waals surface area contributed by atoms with E-state index in [1.165, 1.54) is 5.56 Å². The number of hydrogen-bond donors (Lipinski definition) is 0. The molecule has 2 aromatic rings. The van der Waals surface area contributed by atoms with Crippen LogP contribution >= 0.6 is 11.6 Å². The summed E-state index contributed by atoms with van der Waals surface area (Å²) in [5, 5.41) is 2.04. The fourth-order valence-electron chi connectivity index (χ4n) is 2.12. The molecule has 0 N–H and O–H groups in total. The Balaban J connectivity index is 1.92. The van der Waals surface area contributed by atoms with Crippen LogP contribution in [0.1, 0.15) is 18.0 Å². The minimum absolute atomic E-state index is 0.178. The SMILES string of the molecule is Clc1nccc(N2OCC[C@@H]2c2ccccc2)n1. The van der Waals surface area contributed by atoms with Gasteiger partial charge in [0, 0.05) is 18.7 Å². The van der Waals surface area contributed by atoms with Crippen LogP contribution in [0.5, 0.6) is 0 Å². The Labute approximate surface area is 110 Å². The van der Waals surface area contributed by atoms with Crippen molar-refractivity contribution in [3.05, 3.63) is 53.4 Å². The molecule has 0 aliphatic carbocycles. The molecule has 1 atom stereocenters. The normalized spacial score (nSPS) is 19.2. The van der Waals surface area contributed by atoms with Gasteiger partial charge in [-0.25, -0.2) is 10.0 Å². The number of hydroxylamine groups is 1. The third kappa shape index (κ3) is 2.17. The number of nitrogens with zero attached hydrogens (tertiary/aromatic N) is 3. The predicted molar refractivity (Wildman–Crippen MR) is 69.3 cm³/mol. The topological polar surface area (TPSA) is 38.2 Å². The average molecular weight is 262 g/mol. The summed E-state index contributed by atoms with van der Waals surface area (Å²) in [4.78, 5) is 13.7. The van der Waals surface area contributed by atoms with Crippen molar-refractivity contribution in [1.29, 1.82) is 0 Å². The molecule has 1 saturated heterocycles. The first kappa shape index (κ1) is 11.4.